The lowest BCUT2D eigenvalue weighted by Gasteiger charge is -2.11. The number of hydrogen-bond donors (Lipinski definition) is 2. The molecule has 0 spiro atoms. The smallest absolute Gasteiger partial charge is 0.215 e. The van der Waals surface area contributed by atoms with Gasteiger partial charge in [0.2, 0.25) is 10.0 Å². The summed E-state index contributed by atoms with van der Waals surface area (Å²) in [6.45, 7) is -0.0383. The predicted molar refractivity (Wildman–Crippen MR) is 81.4 cm³/mol. The number of hydrogen-bond acceptors (Lipinski definition) is 4. The zero-order chi connectivity index (χ0) is 14.6. The van der Waals surface area contributed by atoms with E-state index < -0.39 is 16.1 Å². The Balaban J connectivity index is 1.94. The molecule has 1 unspecified atom stereocenters. The molecule has 0 saturated carbocycles. The number of sulfonamides is 1. The molecule has 1 atom stereocenters. The standard InChI is InChI=1S/C13H14ClNO3S2/c14-11-4-1-3-10(7-11)9-20(17,18)15-8-12(16)13-5-2-6-19-13/h1-7,12,15-16H,8-9H2. The zero-order valence-electron chi connectivity index (χ0n) is 10.5. The first-order valence-electron chi connectivity index (χ1n) is 5.89. The Morgan fingerprint density at radius 1 is 1.30 bits per heavy atom. The first-order chi connectivity index (χ1) is 9.46. The molecular weight excluding hydrogens is 318 g/mol. The minimum absolute atomic E-state index is 0.0383. The van der Waals surface area contributed by atoms with Crippen LogP contribution in [0, 0.1) is 0 Å². The van der Waals surface area contributed by atoms with Crippen LogP contribution >= 0.6 is 22.9 Å². The molecule has 2 N–H and O–H groups in total. The fourth-order valence-electron chi connectivity index (χ4n) is 1.68. The molecular formula is C13H14ClNO3S2. The normalized spacial score (nSPS) is 13.3. The molecule has 0 aliphatic carbocycles. The summed E-state index contributed by atoms with van der Waals surface area (Å²) in [6, 6.07) is 10.3. The second-order valence-electron chi connectivity index (χ2n) is 4.27. The van der Waals surface area contributed by atoms with E-state index >= 15 is 0 Å². The van der Waals surface area contributed by atoms with Crippen LogP contribution < -0.4 is 4.72 Å². The van der Waals surface area contributed by atoms with E-state index in [0.29, 0.717) is 10.6 Å². The van der Waals surface area contributed by atoms with Gasteiger partial charge in [-0.05, 0) is 29.1 Å². The van der Waals surface area contributed by atoms with Crippen LogP contribution in [0.25, 0.3) is 0 Å². The van der Waals surface area contributed by atoms with E-state index in [-0.39, 0.29) is 12.3 Å². The van der Waals surface area contributed by atoms with Gasteiger partial charge in [-0.25, -0.2) is 13.1 Å². The summed E-state index contributed by atoms with van der Waals surface area (Å²) >= 11 is 7.20. The Hall–Kier alpha value is -0.920. The van der Waals surface area contributed by atoms with Gasteiger partial charge in [-0.3, -0.25) is 0 Å². The van der Waals surface area contributed by atoms with Crippen molar-refractivity contribution < 1.29 is 13.5 Å². The number of benzene rings is 1. The molecule has 7 heteroatoms. The fraction of sp³-hybridized carbons (Fsp3) is 0.231. The third-order valence-corrected chi connectivity index (χ3v) is 5.14. The lowest BCUT2D eigenvalue weighted by molar-refractivity contribution is 0.185. The second kappa shape index (κ2) is 6.69. The molecule has 1 heterocycles. The quantitative estimate of drug-likeness (QED) is 0.855. The van der Waals surface area contributed by atoms with Crippen LogP contribution in [-0.2, 0) is 15.8 Å². The van der Waals surface area contributed by atoms with Crippen molar-refractivity contribution in [1.82, 2.24) is 4.72 Å². The van der Waals surface area contributed by atoms with Crippen molar-refractivity contribution in [3.63, 3.8) is 0 Å². The van der Waals surface area contributed by atoms with Gasteiger partial charge >= 0.3 is 0 Å². The number of aliphatic hydroxyl groups is 1. The van der Waals surface area contributed by atoms with Gasteiger partial charge < -0.3 is 5.11 Å². The van der Waals surface area contributed by atoms with Crippen LogP contribution in [0.1, 0.15) is 16.5 Å². The Morgan fingerprint density at radius 2 is 2.10 bits per heavy atom. The van der Waals surface area contributed by atoms with E-state index in [1.165, 1.54) is 11.3 Å². The van der Waals surface area contributed by atoms with Gasteiger partial charge in [-0.15, -0.1) is 11.3 Å². The van der Waals surface area contributed by atoms with Crippen LogP contribution in [-0.4, -0.2) is 20.1 Å². The summed E-state index contributed by atoms with van der Waals surface area (Å²) in [5.41, 5.74) is 0.607. The van der Waals surface area contributed by atoms with Gasteiger partial charge in [0.1, 0.15) is 6.10 Å². The van der Waals surface area contributed by atoms with Crippen molar-refractivity contribution >= 4 is 33.0 Å². The van der Waals surface area contributed by atoms with Gasteiger partial charge in [0.15, 0.2) is 0 Å². The van der Waals surface area contributed by atoms with E-state index in [0.717, 1.165) is 4.88 Å². The van der Waals surface area contributed by atoms with Gasteiger partial charge in [0, 0.05) is 16.4 Å². The topological polar surface area (TPSA) is 66.4 Å². The molecule has 1 aromatic heterocycles. The molecule has 0 fully saturated rings. The van der Waals surface area contributed by atoms with Crippen LogP contribution in [0.3, 0.4) is 0 Å². The minimum atomic E-state index is -3.50. The maximum atomic E-state index is 11.9. The average Bonchev–Trinajstić information content (AvgIpc) is 2.89. The van der Waals surface area contributed by atoms with Gasteiger partial charge in [-0.2, -0.15) is 0 Å². The highest BCUT2D eigenvalue weighted by atomic mass is 35.5. The second-order valence-corrected chi connectivity index (χ2v) is 7.49. The highest BCUT2D eigenvalue weighted by Gasteiger charge is 2.15. The van der Waals surface area contributed by atoms with Crippen LogP contribution in [0.15, 0.2) is 41.8 Å². The van der Waals surface area contributed by atoms with E-state index in [1.54, 1.807) is 30.3 Å². The van der Waals surface area contributed by atoms with E-state index in [2.05, 4.69) is 4.72 Å². The molecule has 108 valence electrons. The number of rotatable bonds is 6. The van der Waals surface area contributed by atoms with Crippen molar-refractivity contribution in [2.45, 2.75) is 11.9 Å². The molecule has 0 saturated heterocycles. The van der Waals surface area contributed by atoms with Crippen LogP contribution in [0.5, 0.6) is 0 Å². The van der Waals surface area contributed by atoms with E-state index in [1.807, 2.05) is 11.4 Å². The summed E-state index contributed by atoms with van der Waals surface area (Å²) in [5, 5.41) is 12.2. The number of nitrogens with one attached hydrogen (secondary N) is 1. The van der Waals surface area contributed by atoms with Crippen molar-refractivity contribution in [3.05, 3.63) is 57.2 Å². The summed E-state index contributed by atoms with van der Waals surface area (Å²) in [7, 11) is -3.50. The van der Waals surface area contributed by atoms with Crippen LogP contribution in [0.4, 0.5) is 0 Å². The Bertz CT molecular complexity index is 656. The summed E-state index contributed by atoms with van der Waals surface area (Å²) < 4.78 is 26.2. The molecule has 0 aliphatic rings. The summed E-state index contributed by atoms with van der Waals surface area (Å²) in [4.78, 5) is 0.732. The lowest BCUT2D eigenvalue weighted by Crippen LogP contribution is -2.29. The van der Waals surface area contributed by atoms with Gasteiger partial charge in [0.05, 0.1) is 5.75 Å². The Kier molecular flexibility index (Phi) is 5.17. The first kappa shape index (κ1) is 15.5. The highest BCUT2D eigenvalue weighted by Crippen LogP contribution is 2.18. The first-order valence-corrected chi connectivity index (χ1v) is 8.80. The summed E-state index contributed by atoms with van der Waals surface area (Å²) in [5.74, 6) is -0.162. The zero-order valence-corrected chi connectivity index (χ0v) is 12.9. The van der Waals surface area contributed by atoms with Crippen molar-refractivity contribution in [1.29, 1.82) is 0 Å². The third-order valence-electron chi connectivity index (χ3n) is 2.61. The van der Waals surface area contributed by atoms with Gasteiger partial charge in [0.25, 0.3) is 0 Å². The maximum absolute atomic E-state index is 11.9. The lowest BCUT2D eigenvalue weighted by atomic mass is 10.2. The third kappa shape index (κ3) is 4.57. The Labute approximate surface area is 127 Å². The van der Waals surface area contributed by atoms with Gasteiger partial charge in [-0.1, -0.05) is 29.8 Å². The van der Waals surface area contributed by atoms with Crippen molar-refractivity contribution in [3.8, 4) is 0 Å². The number of aliphatic hydroxyl groups excluding tert-OH is 1. The molecule has 20 heavy (non-hydrogen) atoms. The molecule has 4 nitrogen and oxygen atoms in total. The maximum Gasteiger partial charge on any atom is 0.215 e. The molecule has 1 aromatic carbocycles. The highest BCUT2D eigenvalue weighted by molar-refractivity contribution is 7.88. The predicted octanol–water partition coefficient (Wildman–Crippen LogP) is 2.55. The number of thiophene rings is 1. The molecule has 0 radical (unpaired) electrons. The SMILES string of the molecule is O=S(=O)(Cc1cccc(Cl)c1)NCC(O)c1cccs1. The number of halogens is 1. The summed E-state index contributed by atoms with van der Waals surface area (Å²) in [6.07, 6.45) is -0.830. The fourth-order valence-corrected chi connectivity index (χ4v) is 3.74. The van der Waals surface area contributed by atoms with Crippen molar-refractivity contribution in [2.75, 3.05) is 6.54 Å². The molecule has 2 rings (SSSR count). The van der Waals surface area contributed by atoms with E-state index in [9.17, 15) is 13.5 Å². The minimum Gasteiger partial charge on any atom is -0.386 e. The molecule has 0 aliphatic heterocycles. The largest absolute Gasteiger partial charge is 0.386 e. The molecule has 2 aromatic rings. The van der Waals surface area contributed by atoms with Crippen LogP contribution in [0.2, 0.25) is 5.02 Å². The molecule has 0 amide bonds. The van der Waals surface area contributed by atoms with E-state index in [4.69, 9.17) is 11.6 Å². The van der Waals surface area contributed by atoms with Crippen molar-refractivity contribution in [2.24, 2.45) is 0 Å². The average molecular weight is 332 g/mol. The Morgan fingerprint density at radius 3 is 2.75 bits per heavy atom. The molecule has 0 bridgehead atoms. The monoisotopic (exact) mass is 331 g/mol.